The number of hydrogen-bond donors (Lipinski definition) is 1. The zero-order chi connectivity index (χ0) is 14.8. The van der Waals surface area contributed by atoms with E-state index in [1.807, 2.05) is 32.0 Å². The highest BCUT2D eigenvalue weighted by Crippen LogP contribution is 2.19. The molecule has 3 rings (SSSR count). The molecular formula is C15H14N6. The Hall–Kier alpha value is -2.94. The molecule has 1 N–H and O–H groups in total. The molecule has 3 aromatic heterocycles. The minimum atomic E-state index is 0.554. The Morgan fingerprint density at radius 1 is 1.29 bits per heavy atom. The topological polar surface area (TPSA) is 78.9 Å². The van der Waals surface area contributed by atoms with Crippen molar-refractivity contribution in [1.29, 1.82) is 5.26 Å². The minimum absolute atomic E-state index is 0.554. The number of rotatable bonds is 3. The molecule has 0 saturated heterocycles. The van der Waals surface area contributed by atoms with Crippen LogP contribution in [-0.2, 0) is 6.54 Å². The zero-order valence-corrected chi connectivity index (χ0v) is 11.8. The van der Waals surface area contributed by atoms with Crippen molar-refractivity contribution >= 4 is 11.3 Å². The van der Waals surface area contributed by atoms with E-state index in [0.29, 0.717) is 12.1 Å². The lowest BCUT2D eigenvalue weighted by atomic mass is 10.1. The van der Waals surface area contributed by atoms with Gasteiger partial charge in [-0.15, -0.1) is 0 Å². The van der Waals surface area contributed by atoms with Crippen molar-refractivity contribution in [2.75, 3.05) is 5.32 Å². The minimum Gasteiger partial charge on any atom is -0.378 e. The summed E-state index contributed by atoms with van der Waals surface area (Å²) in [5, 5.41) is 16.8. The molecule has 0 aromatic carbocycles. The first-order chi connectivity index (χ1) is 10.2. The van der Waals surface area contributed by atoms with Crippen LogP contribution in [0.2, 0.25) is 0 Å². The van der Waals surface area contributed by atoms with Crippen molar-refractivity contribution in [3.63, 3.8) is 0 Å². The summed E-state index contributed by atoms with van der Waals surface area (Å²) < 4.78 is 1.78. The lowest BCUT2D eigenvalue weighted by Crippen LogP contribution is -2.08. The Kier molecular flexibility index (Phi) is 3.24. The second kappa shape index (κ2) is 5.21. The molecule has 0 aliphatic carbocycles. The molecule has 3 aromatic rings. The maximum Gasteiger partial charge on any atom is 0.155 e. The van der Waals surface area contributed by atoms with Gasteiger partial charge in [-0.2, -0.15) is 10.4 Å². The molecule has 0 saturated carbocycles. The molecule has 6 nitrogen and oxygen atoms in total. The van der Waals surface area contributed by atoms with Gasteiger partial charge in [0, 0.05) is 18.0 Å². The molecule has 0 radical (unpaired) electrons. The van der Waals surface area contributed by atoms with Gasteiger partial charge in [0.15, 0.2) is 5.65 Å². The highest BCUT2D eigenvalue weighted by Gasteiger charge is 2.09. The second-order valence-electron chi connectivity index (χ2n) is 4.77. The van der Waals surface area contributed by atoms with Gasteiger partial charge in [-0.1, -0.05) is 0 Å². The summed E-state index contributed by atoms with van der Waals surface area (Å²) in [6.07, 6.45) is 3.47. The van der Waals surface area contributed by atoms with E-state index < -0.39 is 0 Å². The van der Waals surface area contributed by atoms with Gasteiger partial charge < -0.3 is 5.32 Å². The first-order valence-corrected chi connectivity index (χ1v) is 6.59. The van der Waals surface area contributed by atoms with E-state index in [4.69, 9.17) is 0 Å². The highest BCUT2D eigenvalue weighted by molar-refractivity contribution is 5.60. The number of anilines is 1. The molecule has 0 bridgehead atoms. The van der Waals surface area contributed by atoms with Crippen LogP contribution < -0.4 is 5.32 Å². The first kappa shape index (κ1) is 13.1. The Morgan fingerprint density at radius 3 is 2.95 bits per heavy atom. The van der Waals surface area contributed by atoms with Gasteiger partial charge in [0.2, 0.25) is 0 Å². The number of pyridine rings is 1. The summed E-state index contributed by atoms with van der Waals surface area (Å²) in [4.78, 5) is 8.54. The molecule has 0 spiro atoms. The summed E-state index contributed by atoms with van der Waals surface area (Å²) in [6, 6.07) is 7.84. The van der Waals surface area contributed by atoms with Crippen molar-refractivity contribution in [2.45, 2.75) is 20.4 Å². The van der Waals surface area contributed by atoms with Crippen LogP contribution in [0.4, 0.5) is 5.69 Å². The number of aromatic nitrogens is 4. The van der Waals surface area contributed by atoms with Gasteiger partial charge in [0.25, 0.3) is 0 Å². The van der Waals surface area contributed by atoms with Gasteiger partial charge in [0.05, 0.1) is 35.4 Å². The molecule has 0 fully saturated rings. The fourth-order valence-corrected chi connectivity index (χ4v) is 2.31. The van der Waals surface area contributed by atoms with Gasteiger partial charge >= 0.3 is 0 Å². The first-order valence-electron chi connectivity index (χ1n) is 6.59. The Labute approximate surface area is 122 Å². The van der Waals surface area contributed by atoms with E-state index in [9.17, 15) is 5.26 Å². The third kappa shape index (κ3) is 2.41. The Morgan fingerprint density at radius 2 is 2.14 bits per heavy atom. The molecule has 6 heteroatoms. The number of nitrogens with one attached hydrogen (secondary N) is 1. The Bertz CT molecular complexity index is 843. The van der Waals surface area contributed by atoms with E-state index in [-0.39, 0.29) is 0 Å². The standard InChI is InChI=1S/C15H14N6/c1-10-7-14(13(8-16)11(2)20-10)18-9-12-3-5-17-15-4-6-19-21(12)15/h3-7H,9H2,1-2H3,(H,18,20). The number of hydrogen-bond acceptors (Lipinski definition) is 5. The van der Waals surface area contributed by atoms with Crippen LogP contribution in [0.15, 0.2) is 30.6 Å². The number of nitrogens with zero attached hydrogens (tertiary/aromatic N) is 5. The van der Waals surface area contributed by atoms with E-state index in [2.05, 4.69) is 26.5 Å². The molecule has 0 aliphatic heterocycles. The quantitative estimate of drug-likeness (QED) is 0.794. The highest BCUT2D eigenvalue weighted by atomic mass is 15.3. The third-order valence-corrected chi connectivity index (χ3v) is 3.27. The number of aryl methyl sites for hydroxylation is 2. The van der Waals surface area contributed by atoms with Crippen LogP contribution >= 0.6 is 0 Å². The average molecular weight is 278 g/mol. The molecular weight excluding hydrogens is 264 g/mol. The van der Waals surface area contributed by atoms with Gasteiger partial charge in [-0.25, -0.2) is 9.50 Å². The number of fused-ring (bicyclic) bond motifs is 1. The Balaban J connectivity index is 1.92. The molecule has 21 heavy (non-hydrogen) atoms. The molecule has 0 unspecified atom stereocenters. The summed E-state index contributed by atoms with van der Waals surface area (Å²) in [7, 11) is 0. The monoisotopic (exact) mass is 278 g/mol. The molecule has 104 valence electrons. The van der Waals surface area contributed by atoms with Crippen LogP contribution in [0.5, 0.6) is 0 Å². The lowest BCUT2D eigenvalue weighted by Gasteiger charge is -2.11. The second-order valence-corrected chi connectivity index (χ2v) is 4.77. The van der Waals surface area contributed by atoms with E-state index in [0.717, 1.165) is 28.4 Å². The normalized spacial score (nSPS) is 10.5. The van der Waals surface area contributed by atoms with Crippen molar-refractivity contribution in [3.05, 3.63) is 53.2 Å². The predicted molar refractivity (Wildman–Crippen MR) is 78.7 cm³/mol. The number of nitriles is 1. The lowest BCUT2D eigenvalue weighted by molar-refractivity contribution is 0.853. The van der Waals surface area contributed by atoms with Crippen LogP contribution in [0.1, 0.15) is 22.6 Å². The largest absolute Gasteiger partial charge is 0.378 e. The summed E-state index contributed by atoms with van der Waals surface area (Å²) in [5.41, 5.74) is 4.76. The van der Waals surface area contributed by atoms with E-state index in [1.165, 1.54) is 0 Å². The smallest absolute Gasteiger partial charge is 0.155 e. The predicted octanol–water partition coefficient (Wildman–Crippen LogP) is 2.22. The SMILES string of the molecule is Cc1cc(NCc2ccnc3ccnn23)c(C#N)c(C)n1. The third-order valence-electron chi connectivity index (χ3n) is 3.27. The van der Waals surface area contributed by atoms with E-state index >= 15 is 0 Å². The summed E-state index contributed by atoms with van der Waals surface area (Å²) in [5.74, 6) is 0. The van der Waals surface area contributed by atoms with Crippen molar-refractivity contribution in [3.8, 4) is 6.07 Å². The van der Waals surface area contributed by atoms with Crippen LogP contribution in [0.25, 0.3) is 5.65 Å². The van der Waals surface area contributed by atoms with Crippen LogP contribution in [0, 0.1) is 25.2 Å². The molecule has 0 aliphatic rings. The summed E-state index contributed by atoms with van der Waals surface area (Å²) in [6.45, 7) is 4.31. The maximum absolute atomic E-state index is 9.27. The van der Waals surface area contributed by atoms with E-state index in [1.54, 1.807) is 16.9 Å². The van der Waals surface area contributed by atoms with Gasteiger partial charge in [-0.05, 0) is 26.0 Å². The van der Waals surface area contributed by atoms with Crippen LogP contribution in [-0.4, -0.2) is 19.6 Å². The zero-order valence-electron chi connectivity index (χ0n) is 11.8. The van der Waals surface area contributed by atoms with Crippen molar-refractivity contribution in [2.24, 2.45) is 0 Å². The fourth-order valence-electron chi connectivity index (χ4n) is 2.31. The van der Waals surface area contributed by atoms with Crippen LogP contribution in [0.3, 0.4) is 0 Å². The van der Waals surface area contributed by atoms with Gasteiger partial charge in [0.1, 0.15) is 6.07 Å². The average Bonchev–Trinajstić information content (AvgIpc) is 2.93. The maximum atomic E-state index is 9.27. The fraction of sp³-hybridized carbons (Fsp3) is 0.200. The molecule has 0 atom stereocenters. The molecule has 3 heterocycles. The summed E-state index contributed by atoms with van der Waals surface area (Å²) >= 11 is 0. The van der Waals surface area contributed by atoms with Gasteiger partial charge in [-0.3, -0.25) is 4.98 Å². The van der Waals surface area contributed by atoms with Crippen molar-refractivity contribution in [1.82, 2.24) is 19.6 Å². The van der Waals surface area contributed by atoms with Crippen molar-refractivity contribution < 1.29 is 0 Å². The molecule has 0 amide bonds.